The lowest BCUT2D eigenvalue weighted by Crippen LogP contribution is -2.38. The molecule has 0 saturated carbocycles. The quantitative estimate of drug-likeness (QED) is 0.358. The molecule has 0 spiro atoms. The summed E-state index contributed by atoms with van der Waals surface area (Å²) in [6.45, 7) is 2.66. The van der Waals surface area contributed by atoms with Crippen molar-refractivity contribution in [3.05, 3.63) is 76.0 Å². The number of likely N-dealkylation sites (N-methyl/N-ethyl adjacent to an activating group) is 1. The van der Waals surface area contributed by atoms with Crippen molar-refractivity contribution in [2.75, 3.05) is 40.3 Å². The predicted molar refractivity (Wildman–Crippen MR) is 162 cm³/mol. The van der Waals surface area contributed by atoms with E-state index in [0.717, 1.165) is 5.39 Å². The van der Waals surface area contributed by atoms with E-state index in [1.807, 2.05) is 12.1 Å². The maximum atomic E-state index is 13.5. The number of hydrogen-bond acceptors (Lipinski definition) is 9. The van der Waals surface area contributed by atoms with E-state index in [1.165, 1.54) is 16.7 Å². The van der Waals surface area contributed by atoms with Gasteiger partial charge in [-0.05, 0) is 25.1 Å². The van der Waals surface area contributed by atoms with Gasteiger partial charge in [0.2, 0.25) is 11.8 Å². The van der Waals surface area contributed by atoms with Crippen LogP contribution in [-0.2, 0) is 22.7 Å². The number of likely N-dealkylation sites (tertiary alicyclic amines) is 1. The lowest BCUT2D eigenvalue weighted by Gasteiger charge is -2.21. The number of benzene rings is 2. The molecule has 4 heterocycles. The van der Waals surface area contributed by atoms with Crippen molar-refractivity contribution in [3.63, 3.8) is 0 Å². The molecule has 2 aliphatic heterocycles. The summed E-state index contributed by atoms with van der Waals surface area (Å²) >= 11 is 0. The summed E-state index contributed by atoms with van der Waals surface area (Å²) in [7, 11) is 3.15. The Bertz CT molecular complexity index is 1830. The Morgan fingerprint density at radius 2 is 1.89 bits per heavy atom. The maximum Gasteiger partial charge on any atom is 0.275 e. The number of carbonyl (C=O) groups excluding carboxylic acids is 3. The molecule has 1 saturated heterocycles. The Morgan fingerprint density at radius 3 is 2.69 bits per heavy atom. The van der Waals surface area contributed by atoms with Gasteiger partial charge in [0.1, 0.15) is 18.8 Å². The number of rotatable bonds is 3. The van der Waals surface area contributed by atoms with E-state index in [0.29, 0.717) is 28.1 Å². The second-order valence-corrected chi connectivity index (χ2v) is 11.3. The number of hydrogen-bond donors (Lipinski definition) is 1. The molecule has 6 rings (SSSR count). The molecule has 14 heteroatoms. The molecule has 3 amide bonds. The Hall–Kier alpha value is -5.27. The second-order valence-electron chi connectivity index (χ2n) is 11.3. The van der Waals surface area contributed by atoms with E-state index in [9.17, 15) is 19.2 Å². The van der Waals surface area contributed by atoms with Crippen molar-refractivity contribution in [1.82, 2.24) is 39.9 Å². The van der Waals surface area contributed by atoms with Gasteiger partial charge in [-0.1, -0.05) is 29.5 Å². The number of nitrogens with zero attached hydrogens (tertiary/aromatic N) is 7. The van der Waals surface area contributed by atoms with Gasteiger partial charge >= 0.3 is 0 Å². The predicted octanol–water partition coefficient (Wildman–Crippen LogP) is 1.18. The third kappa shape index (κ3) is 5.95. The minimum absolute atomic E-state index is 0.0147. The van der Waals surface area contributed by atoms with E-state index < -0.39 is 0 Å². The van der Waals surface area contributed by atoms with Crippen LogP contribution in [0.5, 0.6) is 11.5 Å². The normalized spacial score (nSPS) is 19.1. The molecule has 2 aliphatic rings. The zero-order valence-corrected chi connectivity index (χ0v) is 25.3. The topological polar surface area (TPSA) is 154 Å². The maximum absolute atomic E-state index is 13.5. The van der Waals surface area contributed by atoms with E-state index in [2.05, 4.69) is 20.7 Å². The molecule has 2 aromatic carbocycles. The molecule has 234 valence electrons. The standard InChI is InChI=1S/C31H34N8O6/c1-19-22-7-4-5-8-23(22)31(43)39(34-19)17-28(41)37-14-20-13-27(40)32-11-12-36(2)30(42)24-9-6-10-26(44-3)29(24)45-18-21-15-38(35-33-21)25(20)16-37/h4-10,15,20,25H,11-14,16-18H2,1-3H3,(H,32,40)/t20-,25+/m0/s1. The molecule has 2 aromatic heterocycles. The zero-order chi connectivity index (χ0) is 31.7. The fourth-order valence-electron chi connectivity index (χ4n) is 5.96. The van der Waals surface area contributed by atoms with Gasteiger partial charge in [-0.2, -0.15) is 5.10 Å². The second kappa shape index (κ2) is 12.4. The van der Waals surface area contributed by atoms with E-state index >= 15 is 0 Å². The van der Waals surface area contributed by atoms with Crippen LogP contribution < -0.4 is 20.3 Å². The summed E-state index contributed by atoms with van der Waals surface area (Å²) in [5.74, 6) is -0.372. The molecule has 45 heavy (non-hydrogen) atoms. The number of para-hydroxylation sites is 1. The molecule has 1 fully saturated rings. The molecule has 0 radical (unpaired) electrons. The van der Waals surface area contributed by atoms with E-state index in [4.69, 9.17) is 9.47 Å². The molecule has 1 N–H and O–H groups in total. The minimum Gasteiger partial charge on any atom is -0.493 e. The summed E-state index contributed by atoms with van der Waals surface area (Å²) < 4.78 is 14.4. The first kappa shape index (κ1) is 29.8. The molecule has 2 atom stereocenters. The van der Waals surface area contributed by atoms with Crippen molar-refractivity contribution in [2.45, 2.75) is 32.5 Å². The first-order valence-electron chi connectivity index (χ1n) is 14.7. The van der Waals surface area contributed by atoms with Crippen molar-refractivity contribution in [3.8, 4) is 11.5 Å². The molecule has 0 unspecified atom stereocenters. The largest absolute Gasteiger partial charge is 0.493 e. The van der Waals surface area contributed by atoms with Crippen LogP contribution in [0.2, 0.25) is 0 Å². The number of nitrogens with one attached hydrogen (secondary N) is 1. The molecule has 4 aromatic rings. The highest BCUT2D eigenvalue weighted by molar-refractivity contribution is 5.97. The number of aromatic nitrogens is 5. The van der Waals surface area contributed by atoms with Gasteiger partial charge in [0.15, 0.2) is 11.5 Å². The number of ether oxygens (including phenoxy) is 2. The Kier molecular flexibility index (Phi) is 8.20. The molecular weight excluding hydrogens is 580 g/mol. The number of aryl methyl sites for hydroxylation is 1. The number of carbonyl (C=O) groups is 3. The first-order chi connectivity index (χ1) is 21.7. The third-order valence-electron chi connectivity index (χ3n) is 8.35. The Balaban J connectivity index is 1.26. The monoisotopic (exact) mass is 614 g/mol. The fraction of sp³-hybridized carbons (Fsp3) is 0.387. The van der Waals surface area contributed by atoms with Crippen molar-refractivity contribution in [2.24, 2.45) is 5.92 Å². The van der Waals surface area contributed by atoms with Crippen LogP contribution in [0.15, 0.2) is 53.5 Å². The Morgan fingerprint density at radius 1 is 1.09 bits per heavy atom. The third-order valence-corrected chi connectivity index (χ3v) is 8.35. The van der Waals surface area contributed by atoms with Crippen LogP contribution in [0.1, 0.15) is 34.2 Å². The Labute approximate surface area is 258 Å². The summed E-state index contributed by atoms with van der Waals surface area (Å²) in [6, 6.07) is 11.9. The van der Waals surface area contributed by atoms with Gasteiger partial charge in [0, 0.05) is 51.0 Å². The van der Waals surface area contributed by atoms with Crippen molar-refractivity contribution < 1.29 is 23.9 Å². The average Bonchev–Trinajstić information content (AvgIpc) is 3.68. The minimum atomic E-state index is -0.344. The molecule has 0 aliphatic carbocycles. The fourth-order valence-corrected chi connectivity index (χ4v) is 5.96. The molecule has 14 nitrogen and oxygen atoms in total. The lowest BCUT2D eigenvalue weighted by atomic mass is 9.99. The van der Waals surface area contributed by atoms with Gasteiger partial charge in [-0.3, -0.25) is 19.2 Å². The van der Waals surface area contributed by atoms with Crippen LogP contribution in [0, 0.1) is 12.8 Å². The summed E-state index contributed by atoms with van der Waals surface area (Å²) in [6.07, 6.45) is 1.85. The molecular formula is C31H34N8O6. The highest BCUT2D eigenvalue weighted by atomic mass is 16.5. The van der Waals surface area contributed by atoms with Crippen LogP contribution in [0.3, 0.4) is 0 Å². The van der Waals surface area contributed by atoms with Crippen LogP contribution in [0.4, 0.5) is 0 Å². The van der Waals surface area contributed by atoms with Gasteiger partial charge in [0.25, 0.3) is 11.5 Å². The summed E-state index contributed by atoms with van der Waals surface area (Å²) in [5.41, 5.74) is 1.13. The lowest BCUT2D eigenvalue weighted by molar-refractivity contribution is -0.131. The first-order valence-corrected chi connectivity index (χ1v) is 14.7. The smallest absolute Gasteiger partial charge is 0.275 e. The summed E-state index contributed by atoms with van der Waals surface area (Å²) in [4.78, 5) is 56.1. The number of methoxy groups -OCH3 is 1. The van der Waals surface area contributed by atoms with E-state index in [-0.39, 0.29) is 86.7 Å². The number of fused-ring (bicyclic) bond motifs is 6. The average molecular weight is 615 g/mol. The zero-order valence-electron chi connectivity index (χ0n) is 25.3. The van der Waals surface area contributed by atoms with Gasteiger partial charge < -0.3 is 24.6 Å². The highest BCUT2D eigenvalue weighted by Gasteiger charge is 2.38. The van der Waals surface area contributed by atoms with Gasteiger partial charge in [0.05, 0.1) is 36.0 Å². The van der Waals surface area contributed by atoms with E-state index in [1.54, 1.807) is 60.1 Å². The van der Waals surface area contributed by atoms with Crippen LogP contribution in [0.25, 0.3) is 10.8 Å². The van der Waals surface area contributed by atoms with Crippen molar-refractivity contribution in [1.29, 1.82) is 0 Å². The number of amides is 3. The van der Waals surface area contributed by atoms with Gasteiger partial charge in [-0.15, -0.1) is 5.10 Å². The van der Waals surface area contributed by atoms with Gasteiger partial charge in [-0.25, -0.2) is 9.36 Å². The van der Waals surface area contributed by atoms with Crippen molar-refractivity contribution >= 4 is 28.5 Å². The SMILES string of the molecule is COc1cccc2c1OCc1cn(nn1)[C@@H]1CN(C(=O)Cn3nc(C)c4ccccc4c3=O)C[C@@H]1CC(=O)NCCN(C)C2=O. The highest BCUT2D eigenvalue weighted by Crippen LogP contribution is 2.33. The molecule has 2 bridgehead atoms. The van der Waals surface area contributed by atoms with Crippen LogP contribution in [-0.4, -0.2) is 92.6 Å². The summed E-state index contributed by atoms with van der Waals surface area (Å²) in [5, 5.41) is 17.1. The van der Waals surface area contributed by atoms with Crippen LogP contribution >= 0.6 is 0 Å².